The van der Waals surface area contributed by atoms with Gasteiger partial charge in [-0.3, -0.25) is 0 Å². The standard InChI is InChI=1S/C14H8ClF3N2/c15-13-6-5-11(12(20-13)7-8-19)9-1-3-10(4-2-9)14(16,17)18/h1-6H,7H2. The van der Waals surface area contributed by atoms with Crippen LogP contribution in [0.25, 0.3) is 11.1 Å². The number of halogens is 4. The van der Waals surface area contributed by atoms with Gasteiger partial charge in [-0.25, -0.2) is 4.98 Å². The second-order valence-electron chi connectivity index (χ2n) is 4.04. The molecule has 0 amide bonds. The normalized spacial score (nSPS) is 11.2. The van der Waals surface area contributed by atoms with Crippen LogP contribution >= 0.6 is 11.6 Å². The number of hydrogen-bond acceptors (Lipinski definition) is 2. The summed E-state index contributed by atoms with van der Waals surface area (Å²) in [6.07, 6.45) is -4.33. The largest absolute Gasteiger partial charge is 0.416 e. The Kier molecular flexibility index (Phi) is 3.96. The van der Waals surface area contributed by atoms with Crippen LogP contribution in [0.4, 0.5) is 13.2 Å². The van der Waals surface area contributed by atoms with Crippen LogP contribution in [-0.2, 0) is 12.6 Å². The van der Waals surface area contributed by atoms with Crippen molar-refractivity contribution in [1.82, 2.24) is 4.98 Å². The Morgan fingerprint density at radius 2 is 1.75 bits per heavy atom. The Morgan fingerprint density at radius 3 is 2.30 bits per heavy atom. The molecule has 0 radical (unpaired) electrons. The summed E-state index contributed by atoms with van der Waals surface area (Å²) in [5.74, 6) is 0. The first-order valence-electron chi connectivity index (χ1n) is 5.62. The molecule has 6 heteroatoms. The SMILES string of the molecule is N#CCc1nc(Cl)ccc1-c1ccc(C(F)(F)F)cc1. The van der Waals surface area contributed by atoms with Crippen molar-refractivity contribution in [3.63, 3.8) is 0 Å². The molecule has 0 aliphatic rings. The number of hydrogen-bond donors (Lipinski definition) is 0. The topological polar surface area (TPSA) is 36.7 Å². The van der Waals surface area contributed by atoms with Gasteiger partial charge in [-0.15, -0.1) is 0 Å². The van der Waals surface area contributed by atoms with E-state index in [2.05, 4.69) is 4.98 Å². The minimum Gasteiger partial charge on any atom is -0.239 e. The molecule has 0 unspecified atom stereocenters. The van der Waals surface area contributed by atoms with Crippen LogP contribution in [0.15, 0.2) is 36.4 Å². The predicted octanol–water partition coefficient (Wildman–Crippen LogP) is 4.49. The first kappa shape index (κ1) is 14.4. The van der Waals surface area contributed by atoms with Gasteiger partial charge in [-0.05, 0) is 29.8 Å². The molecule has 0 atom stereocenters. The van der Waals surface area contributed by atoms with E-state index in [0.29, 0.717) is 16.8 Å². The highest BCUT2D eigenvalue weighted by Gasteiger charge is 2.30. The lowest BCUT2D eigenvalue weighted by Crippen LogP contribution is -2.04. The highest BCUT2D eigenvalue weighted by molar-refractivity contribution is 6.29. The lowest BCUT2D eigenvalue weighted by Gasteiger charge is -2.10. The fourth-order valence-corrected chi connectivity index (χ4v) is 1.95. The number of aromatic nitrogens is 1. The minimum atomic E-state index is -4.37. The molecule has 0 saturated carbocycles. The van der Waals surface area contributed by atoms with Crippen molar-refractivity contribution in [2.24, 2.45) is 0 Å². The summed E-state index contributed by atoms with van der Waals surface area (Å²) in [5, 5.41) is 8.99. The molecular formula is C14H8ClF3N2. The van der Waals surface area contributed by atoms with E-state index in [9.17, 15) is 13.2 Å². The van der Waals surface area contributed by atoms with E-state index in [1.807, 2.05) is 6.07 Å². The van der Waals surface area contributed by atoms with Gasteiger partial charge in [-0.1, -0.05) is 23.7 Å². The fraction of sp³-hybridized carbons (Fsp3) is 0.143. The van der Waals surface area contributed by atoms with Gasteiger partial charge in [0, 0.05) is 5.56 Å². The summed E-state index contributed by atoms with van der Waals surface area (Å²) in [4.78, 5) is 4.03. The fourth-order valence-electron chi connectivity index (χ4n) is 1.79. The van der Waals surface area contributed by atoms with Crippen LogP contribution in [-0.4, -0.2) is 4.98 Å². The molecule has 0 N–H and O–H groups in total. The minimum absolute atomic E-state index is 0.0386. The Balaban J connectivity index is 2.44. The molecule has 0 aliphatic carbocycles. The monoisotopic (exact) mass is 296 g/mol. The zero-order valence-electron chi connectivity index (χ0n) is 10.1. The molecule has 0 saturated heterocycles. The Hall–Kier alpha value is -2.06. The molecular weight excluding hydrogens is 289 g/mol. The Labute approximate surface area is 118 Å². The van der Waals surface area contributed by atoms with E-state index in [0.717, 1.165) is 12.1 Å². The molecule has 2 rings (SSSR count). The van der Waals surface area contributed by atoms with E-state index in [4.69, 9.17) is 16.9 Å². The molecule has 0 bridgehead atoms. The number of nitrogens with zero attached hydrogens (tertiary/aromatic N) is 2. The molecule has 2 nitrogen and oxygen atoms in total. The number of rotatable bonds is 2. The zero-order valence-corrected chi connectivity index (χ0v) is 10.8. The maximum atomic E-state index is 12.5. The summed E-state index contributed by atoms with van der Waals surface area (Å²) in [6, 6.07) is 9.85. The first-order valence-corrected chi connectivity index (χ1v) is 5.99. The van der Waals surface area contributed by atoms with Gasteiger partial charge in [-0.2, -0.15) is 18.4 Å². The zero-order chi connectivity index (χ0) is 14.8. The average molecular weight is 297 g/mol. The number of benzene rings is 1. The van der Waals surface area contributed by atoms with Crippen LogP contribution in [0.2, 0.25) is 5.15 Å². The quantitative estimate of drug-likeness (QED) is 0.766. The third-order valence-corrected chi connectivity index (χ3v) is 2.92. The van der Waals surface area contributed by atoms with Crippen molar-refractivity contribution in [2.75, 3.05) is 0 Å². The third-order valence-electron chi connectivity index (χ3n) is 2.71. The average Bonchev–Trinajstić information content (AvgIpc) is 2.38. The molecule has 1 aromatic carbocycles. The maximum absolute atomic E-state index is 12.5. The summed E-state index contributed by atoms with van der Waals surface area (Å²) < 4.78 is 37.5. The summed E-state index contributed by atoms with van der Waals surface area (Å²) in [5.41, 5.74) is 0.891. The number of pyridine rings is 1. The molecule has 2 aromatic rings. The Bertz CT molecular complexity index is 658. The van der Waals surface area contributed by atoms with E-state index >= 15 is 0 Å². The van der Waals surface area contributed by atoms with Gasteiger partial charge in [0.25, 0.3) is 0 Å². The van der Waals surface area contributed by atoms with E-state index in [1.165, 1.54) is 18.2 Å². The van der Waals surface area contributed by atoms with E-state index < -0.39 is 11.7 Å². The molecule has 0 aliphatic heterocycles. The third kappa shape index (κ3) is 3.09. The van der Waals surface area contributed by atoms with E-state index in [-0.39, 0.29) is 11.6 Å². The van der Waals surface area contributed by atoms with E-state index in [1.54, 1.807) is 6.07 Å². The van der Waals surface area contributed by atoms with Gasteiger partial charge >= 0.3 is 6.18 Å². The van der Waals surface area contributed by atoms with Gasteiger partial charge in [0.2, 0.25) is 0 Å². The van der Waals surface area contributed by atoms with Crippen LogP contribution in [0.1, 0.15) is 11.3 Å². The van der Waals surface area contributed by atoms with Crippen LogP contribution in [0.3, 0.4) is 0 Å². The summed E-state index contributed by atoms with van der Waals surface area (Å²) >= 11 is 5.76. The lowest BCUT2D eigenvalue weighted by atomic mass is 10.0. The summed E-state index contributed by atoms with van der Waals surface area (Å²) in [6.45, 7) is 0. The van der Waals surface area contributed by atoms with Crippen molar-refractivity contribution in [3.05, 3.63) is 52.8 Å². The molecule has 0 fully saturated rings. The van der Waals surface area contributed by atoms with Gasteiger partial charge in [0.05, 0.1) is 23.7 Å². The van der Waals surface area contributed by atoms with Crippen molar-refractivity contribution in [1.29, 1.82) is 5.26 Å². The molecule has 20 heavy (non-hydrogen) atoms. The van der Waals surface area contributed by atoms with Crippen molar-refractivity contribution in [3.8, 4) is 17.2 Å². The van der Waals surface area contributed by atoms with Crippen molar-refractivity contribution in [2.45, 2.75) is 12.6 Å². The molecule has 102 valence electrons. The second kappa shape index (κ2) is 5.51. The second-order valence-corrected chi connectivity index (χ2v) is 4.43. The Morgan fingerprint density at radius 1 is 1.10 bits per heavy atom. The summed E-state index contributed by atoms with van der Waals surface area (Å²) in [7, 11) is 0. The van der Waals surface area contributed by atoms with Crippen LogP contribution < -0.4 is 0 Å². The maximum Gasteiger partial charge on any atom is 0.416 e. The highest BCUT2D eigenvalue weighted by Crippen LogP contribution is 2.31. The molecule has 1 heterocycles. The molecule has 1 aromatic heterocycles. The first-order chi connectivity index (χ1) is 9.41. The smallest absolute Gasteiger partial charge is 0.239 e. The van der Waals surface area contributed by atoms with Gasteiger partial charge in [0.1, 0.15) is 5.15 Å². The lowest BCUT2D eigenvalue weighted by molar-refractivity contribution is -0.137. The van der Waals surface area contributed by atoms with Gasteiger partial charge in [0.15, 0.2) is 0 Å². The predicted molar refractivity (Wildman–Crippen MR) is 69.0 cm³/mol. The van der Waals surface area contributed by atoms with Crippen molar-refractivity contribution >= 4 is 11.6 Å². The van der Waals surface area contributed by atoms with Crippen molar-refractivity contribution < 1.29 is 13.2 Å². The van der Waals surface area contributed by atoms with Crippen LogP contribution in [0.5, 0.6) is 0 Å². The molecule has 0 spiro atoms. The highest BCUT2D eigenvalue weighted by atomic mass is 35.5. The number of alkyl halides is 3. The van der Waals surface area contributed by atoms with Crippen LogP contribution in [0, 0.1) is 11.3 Å². The van der Waals surface area contributed by atoms with Gasteiger partial charge < -0.3 is 0 Å². The number of nitriles is 1.